The third-order valence-electron chi connectivity index (χ3n) is 14.6. The maximum absolute atomic E-state index is 12.9. The molecule has 0 fully saturated rings. The summed E-state index contributed by atoms with van der Waals surface area (Å²) in [6.45, 7) is 6.49. The first kappa shape index (κ1) is 78.5. The first-order valence-electron chi connectivity index (χ1n) is 34.7. The quantitative estimate of drug-likeness (QED) is 0.0261. The number of rotatable bonds is 62. The topological polar surface area (TPSA) is 78.9 Å². The van der Waals surface area contributed by atoms with Gasteiger partial charge in [0.2, 0.25) is 0 Å². The Hall–Kier alpha value is -4.45. The molecule has 0 aliphatic carbocycles. The number of carbonyl (C=O) groups excluding carboxylic acids is 3. The Balaban J connectivity index is 4.29. The van der Waals surface area contributed by atoms with Crippen molar-refractivity contribution < 1.29 is 28.6 Å². The second-order valence-corrected chi connectivity index (χ2v) is 22.7. The van der Waals surface area contributed by atoms with Crippen molar-refractivity contribution in [3.8, 4) is 0 Å². The van der Waals surface area contributed by atoms with Gasteiger partial charge in [0.15, 0.2) is 6.10 Å². The highest BCUT2D eigenvalue weighted by atomic mass is 16.6. The maximum Gasteiger partial charge on any atom is 0.306 e. The molecule has 83 heavy (non-hydrogen) atoms. The predicted octanol–water partition coefficient (Wildman–Crippen LogP) is 24.1. The lowest BCUT2D eigenvalue weighted by atomic mass is 10.0. The van der Waals surface area contributed by atoms with Crippen molar-refractivity contribution in [2.24, 2.45) is 0 Å². The Labute approximate surface area is 513 Å². The van der Waals surface area contributed by atoms with Gasteiger partial charge in [-0.1, -0.05) is 315 Å². The van der Waals surface area contributed by atoms with E-state index in [9.17, 15) is 14.4 Å². The molecule has 6 heteroatoms. The van der Waals surface area contributed by atoms with Crippen molar-refractivity contribution in [2.75, 3.05) is 13.2 Å². The van der Waals surface area contributed by atoms with Crippen LogP contribution in [-0.4, -0.2) is 37.2 Å². The maximum atomic E-state index is 12.9. The second-order valence-electron chi connectivity index (χ2n) is 22.7. The average Bonchev–Trinajstić information content (AvgIpc) is 3.49. The molecule has 0 rings (SSSR count). The van der Waals surface area contributed by atoms with Gasteiger partial charge in [0.1, 0.15) is 13.2 Å². The molecule has 0 aliphatic heterocycles. The normalized spacial score (nSPS) is 13.0. The van der Waals surface area contributed by atoms with E-state index >= 15 is 0 Å². The molecule has 0 bridgehead atoms. The van der Waals surface area contributed by atoms with Crippen LogP contribution in [0.2, 0.25) is 0 Å². The van der Waals surface area contributed by atoms with E-state index < -0.39 is 6.10 Å². The highest BCUT2D eigenvalue weighted by Crippen LogP contribution is 2.16. The number of esters is 3. The van der Waals surface area contributed by atoms with Gasteiger partial charge in [0.25, 0.3) is 0 Å². The summed E-state index contributed by atoms with van der Waals surface area (Å²) in [5.41, 5.74) is 0. The second kappa shape index (κ2) is 70.0. The number of hydrogen-bond donors (Lipinski definition) is 0. The van der Waals surface area contributed by atoms with Crippen LogP contribution in [0.4, 0.5) is 0 Å². The first-order valence-corrected chi connectivity index (χ1v) is 34.7. The van der Waals surface area contributed by atoms with E-state index in [2.05, 4.69) is 154 Å². The fourth-order valence-electron chi connectivity index (χ4n) is 9.45. The number of hydrogen-bond acceptors (Lipinski definition) is 6. The number of ether oxygens (including phenoxy) is 3. The minimum Gasteiger partial charge on any atom is -0.462 e. The summed E-state index contributed by atoms with van der Waals surface area (Å²) in [6, 6.07) is 0. The predicted molar refractivity (Wildman–Crippen MR) is 362 cm³/mol. The highest BCUT2D eigenvalue weighted by molar-refractivity contribution is 5.71. The third-order valence-corrected chi connectivity index (χ3v) is 14.6. The Morgan fingerprint density at radius 2 is 0.482 bits per heavy atom. The van der Waals surface area contributed by atoms with Crippen molar-refractivity contribution in [1.82, 2.24) is 0 Å². The Morgan fingerprint density at radius 3 is 0.771 bits per heavy atom. The zero-order chi connectivity index (χ0) is 59.9. The molecule has 0 amide bonds. The summed E-state index contributed by atoms with van der Waals surface area (Å²) in [4.78, 5) is 38.4. The molecule has 6 nitrogen and oxygen atoms in total. The van der Waals surface area contributed by atoms with Gasteiger partial charge in [-0.25, -0.2) is 0 Å². The zero-order valence-electron chi connectivity index (χ0n) is 54.2. The van der Waals surface area contributed by atoms with Crippen LogP contribution in [0.25, 0.3) is 0 Å². The summed E-state index contributed by atoms with van der Waals surface area (Å²) in [6.07, 6.45) is 99.0. The molecule has 0 saturated heterocycles. The van der Waals surface area contributed by atoms with Crippen LogP contribution in [0.3, 0.4) is 0 Å². The summed E-state index contributed by atoms with van der Waals surface area (Å²) in [5.74, 6) is -0.903. The van der Waals surface area contributed by atoms with Crippen molar-refractivity contribution >= 4 is 17.9 Å². The smallest absolute Gasteiger partial charge is 0.306 e. The van der Waals surface area contributed by atoms with Crippen molar-refractivity contribution in [3.63, 3.8) is 0 Å². The molecule has 0 radical (unpaired) electrons. The van der Waals surface area contributed by atoms with Gasteiger partial charge in [0, 0.05) is 19.3 Å². The molecule has 0 spiro atoms. The lowest BCUT2D eigenvalue weighted by Gasteiger charge is -2.18. The molecule has 0 aromatic carbocycles. The molecule has 0 heterocycles. The molecule has 0 saturated carbocycles. The fourth-order valence-corrected chi connectivity index (χ4v) is 9.45. The molecule has 1 unspecified atom stereocenters. The summed E-state index contributed by atoms with van der Waals surface area (Å²) < 4.78 is 16.9. The van der Waals surface area contributed by atoms with Crippen molar-refractivity contribution in [2.45, 2.75) is 322 Å². The number of allylic oxidation sites excluding steroid dienone is 22. The Bertz CT molecular complexity index is 1750. The molecule has 1 atom stereocenters. The number of unbranched alkanes of at least 4 members (excludes halogenated alkanes) is 29. The van der Waals surface area contributed by atoms with Crippen molar-refractivity contribution in [1.29, 1.82) is 0 Å². The van der Waals surface area contributed by atoms with Crippen molar-refractivity contribution in [3.05, 3.63) is 134 Å². The molecular weight excluding hydrogens is 1020 g/mol. The standard InChI is InChI=1S/C77H128O6/c1-4-7-10-13-16-19-22-25-28-30-31-32-33-34-35-36-37-38-39-40-41-42-43-44-45-46-47-48-50-52-55-58-61-64-67-70-76(79)82-73-74(72-81-75(78)69-66-63-60-57-54-51-27-24-21-18-15-12-9-6-3)83-77(80)71-68-65-62-59-56-53-49-29-26-23-20-17-14-11-8-5-2/h7,10,15-16,18-19,24-25,27-28,31-32,34-35,37-38,40-41,43-44,46-47,74H,4-6,8-9,11-14,17,20-23,26,29-30,33,36,39,42,45,48-73H2,1-3H3/b10-7-,18-15-,19-16-,27-24-,28-25-,32-31-,35-34-,38-37-,41-40-,44-43-,47-46-. The average molecular weight is 1150 g/mol. The number of carbonyl (C=O) groups is 3. The lowest BCUT2D eigenvalue weighted by Crippen LogP contribution is -2.30. The third kappa shape index (κ3) is 68.2. The van der Waals surface area contributed by atoms with Gasteiger partial charge in [-0.3, -0.25) is 14.4 Å². The Kier molecular flexibility index (Phi) is 66.3. The van der Waals surface area contributed by atoms with Gasteiger partial charge in [-0.15, -0.1) is 0 Å². The highest BCUT2D eigenvalue weighted by Gasteiger charge is 2.19. The van der Waals surface area contributed by atoms with E-state index in [4.69, 9.17) is 14.2 Å². The van der Waals surface area contributed by atoms with Gasteiger partial charge in [-0.05, 0) is 116 Å². The van der Waals surface area contributed by atoms with Gasteiger partial charge < -0.3 is 14.2 Å². The van der Waals surface area contributed by atoms with Crippen LogP contribution in [0.15, 0.2) is 134 Å². The van der Waals surface area contributed by atoms with E-state index in [1.807, 2.05) is 0 Å². The molecular formula is C77H128O6. The summed E-state index contributed by atoms with van der Waals surface area (Å²) >= 11 is 0. The lowest BCUT2D eigenvalue weighted by molar-refractivity contribution is -0.167. The van der Waals surface area contributed by atoms with Gasteiger partial charge in [0.05, 0.1) is 0 Å². The van der Waals surface area contributed by atoms with Crippen LogP contribution in [0, 0.1) is 0 Å². The molecule has 0 N–H and O–H groups in total. The van der Waals surface area contributed by atoms with E-state index in [1.54, 1.807) is 0 Å². The van der Waals surface area contributed by atoms with E-state index in [0.29, 0.717) is 19.3 Å². The Morgan fingerprint density at radius 1 is 0.253 bits per heavy atom. The minimum atomic E-state index is -0.791. The summed E-state index contributed by atoms with van der Waals surface area (Å²) in [5, 5.41) is 0. The van der Waals surface area contributed by atoms with E-state index in [1.165, 1.54) is 128 Å². The summed E-state index contributed by atoms with van der Waals surface area (Å²) in [7, 11) is 0. The van der Waals surface area contributed by atoms with Crippen LogP contribution in [0.5, 0.6) is 0 Å². The largest absolute Gasteiger partial charge is 0.462 e. The minimum absolute atomic E-state index is 0.0884. The van der Waals surface area contributed by atoms with Crippen LogP contribution < -0.4 is 0 Å². The van der Waals surface area contributed by atoms with Crippen LogP contribution in [0.1, 0.15) is 316 Å². The van der Waals surface area contributed by atoms with Crippen LogP contribution in [-0.2, 0) is 28.6 Å². The molecule has 0 aliphatic rings. The van der Waals surface area contributed by atoms with Gasteiger partial charge >= 0.3 is 17.9 Å². The molecule has 0 aromatic rings. The SMILES string of the molecule is CC/C=C\C/C=C\C/C=C\C/C=C\C/C=C\C/C=C\C/C=C\C/C=C\C/C=C\CCCCCCCCCC(=O)OCC(COC(=O)CCCCCCC/C=C\C/C=C\CCCC)OC(=O)CCCCCCCCCCCCCCCCCC. The zero-order valence-corrected chi connectivity index (χ0v) is 54.2. The van der Waals surface area contributed by atoms with Gasteiger partial charge in [-0.2, -0.15) is 0 Å². The first-order chi connectivity index (χ1) is 41.0. The molecule has 0 aromatic heterocycles. The molecule has 472 valence electrons. The van der Waals surface area contributed by atoms with E-state index in [0.717, 1.165) is 148 Å². The fraction of sp³-hybridized carbons (Fsp3) is 0.675. The van der Waals surface area contributed by atoms with Crippen LogP contribution >= 0.6 is 0 Å². The monoisotopic (exact) mass is 1150 g/mol. The van der Waals surface area contributed by atoms with E-state index in [-0.39, 0.29) is 31.1 Å².